The Labute approximate surface area is 96.4 Å². The van der Waals surface area contributed by atoms with Crippen LogP contribution in [-0.4, -0.2) is 11.8 Å². The van der Waals surface area contributed by atoms with Gasteiger partial charge >= 0.3 is 0 Å². The Hall–Kier alpha value is -0.470. The van der Waals surface area contributed by atoms with E-state index in [1.54, 1.807) is 0 Å². The van der Waals surface area contributed by atoms with Crippen molar-refractivity contribution in [1.29, 1.82) is 0 Å². The first-order chi connectivity index (χ1) is 7.36. The number of nitrogens with two attached hydrogens (primary N) is 1. The Balaban J connectivity index is 1.71. The van der Waals surface area contributed by atoms with Crippen LogP contribution in [0.25, 0.3) is 0 Å². The summed E-state index contributed by atoms with van der Waals surface area (Å²) in [5.74, 6) is 1.99. The summed E-state index contributed by atoms with van der Waals surface area (Å²) in [6, 6.07) is 11.1. The molecule has 0 aliphatic heterocycles. The van der Waals surface area contributed by atoms with Crippen LogP contribution >= 0.6 is 11.8 Å². The second kappa shape index (κ2) is 5.57. The molecule has 15 heavy (non-hydrogen) atoms. The molecule has 2 heteroatoms. The van der Waals surface area contributed by atoms with Crippen LogP contribution < -0.4 is 5.73 Å². The fourth-order valence-corrected chi connectivity index (χ4v) is 3.27. The van der Waals surface area contributed by atoms with Gasteiger partial charge in [0, 0.05) is 10.9 Å². The average Bonchev–Trinajstić information content (AvgIpc) is 2.66. The lowest BCUT2D eigenvalue weighted by atomic mass is 10.0. The summed E-state index contributed by atoms with van der Waals surface area (Å²) in [4.78, 5) is 1.38. The molecule has 1 nitrogen and oxygen atoms in total. The van der Waals surface area contributed by atoms with Crippen LogP contribution in [0.4, 0.5) is 0 Å². The van der Waals surface area contributed by atoms with Crippen molar-refractivity contribution in [3.8, 4) is 0 Å². The van der Waals surface area contributed by atoms with Crippen LogP contribution in [0.15, 0.2) is 35.2 Å². The first-order valence-electron chi connectivity index (χ1n) is 5.79. The molecule has 1 aromatic carbocycles. The molecule has 0 aromatic heterocycles. The van der Waals surface area contributed by atoms with Gasteiger partial charge in [-0.05, 0) is 43.1 Å². The van der Waals surface area contributed by atoms with Crippen LogP contribution in [0.5, 0.6) is 0 Å². The summed E-state index contributed by atoms with van der Waals surface area (Å²) in [6.07, 6.45) is 5.19. The van der Waals surface area contributed by atoms with Gasteiger partial charge in [-0.15, -0.1) is 11.8 Å². The van der Waals surface area contributed by atoms with Crippen LogP contribution in [0.3, 0.4) is 0 Å². The highest BCUT2D eigenvalue weighted by Crippen LogP contribution is 2.29. The van der Waals surface area contributed by atoms with E-state index < -0.39 is 0 Å². The van der Waals surface area contributed by atoms with Crippen LogP contribution in [0, 0.1) is 5.92 Å². The molecule has 0 amide bonds. The standard InChI is InChI=1S/C13H19NS/c14-13-8-4-5-11(13)9-10-15-12-6-2-1-3-7-12/h1-3,6-7,11,13H,4-5,8-10,14H2. The number of hydrogen-bond donors (Lipinski definition) is 1. The maximum atomic E-state index is 6.05. The zero-order chi connectivity index (χ0) is 10.5. The maximum absolute atomic E-state index is 6.05. The molecule has 1 fully saturated rings. The molecule has 0 bridgehead atoms. The van der Waals surface area contributed by atoms with Crippen molar-refractivity contribution in [2.45, 2.75) is 36.6 Å². The summed E-state index contributed by atoms with van der Waals surface area (Å²) < 4.78 is 0. The van der Waals surface area contributed by atoms with Gasteiger partial charge in [-0.1, -0.05) is 24.6 Å². The van der Waals surface area contributed by atoms with Gasteiger partial charge in [-0.25, -0.2) is 0 Å². The summed E-state index contributed by atoms with van der Waals surface area (Å²) >= 11 is 1.95. The quantitative estimate of drug-likeness (QED) is 0.789. The molecular formula is C13H19NS. The monoisotopic (exact) mass is 221 g/mol. The van der Waals surface area contributed by atoms with Crippen molar-refractivity contribution >= 4 is 11.8 Å². The van der Waals surface area contributed by atoms with Crippen molar-refractivity contribution in [3.63, 3.8) is 0 Å². The molecule has 0 heterocycles. The first kappa shape index (κ1) is 11.0. The molecule has 2 atom stereocenters. The van der Waals surface area contributed by atoms with Gasteiger partial charge in [0.2, 0.25) is 0 Å². The van der Waals surface area contributed by atoms with Crippen LogP contribution in [-0.2, 0) is 0 Å². The highest BCUT2D eigenvalue weighted by atomic mass is 32.2. The fraction of sp³-hybridized carbons (Fsp3) is 0.538. The Morgan fingerprint density at radius 1 is 1.20 bits per heavy atom. The lowest BCUT2D eigenvalue weighted by Gasteiger charge is -2.14. The van der Waals surface area contributed by atoms with E-state index in [0.29, 0.717) is 6.04 Å². The van der Waals surface area contributed by atoms with Gasteiger partial charge in [0.05, 0.1) is 0 Å². The van der Waals surface area contributed by atoms with Gasteiger partial charge in [-0.2, -0.15) is 0 Å². The average molecular weight is 221 g/mol. The zero-order valence-electron chi connectivity index (χ0n) is 9.06. The number of rotatable bonds is 4. The Bertz CT molecular complexity index is 286. The third-order valence-electron chi connectivity index (χ3n) is 3.22. The summed E-state index contributed by atoms with van der Waals surface area (Å²) in [5.41, 5.74) is 6.05. The molecule has 2 rings (SSSR count). The number of thioether (sulfide) groups is 1. The Morgan fingerprint density at radius 2 is 2.00 bits per heavy atom. The molecule has 0 spiro atoms. The lowest BCUT2D eigenvalue weighted by Crippen LogP contribution is -2.24. The van der Waals surface area contributed by atoms with Crippen molar-refractivity contribution in [2.75, 3.05) is 5.75 Å². The van der Waals surface area contributed by atoms with E-state index in [0.717, 1.165) is 5.92 Å². The normalized spacial score (nSPS) is 25.7. The molecule has 82 valence electrons. The SMILES string of the molecule is NC1CCCC1CCSc1ccccc1. The Kier molecular flexibility index (Phi) is 4.09. The first-order valence-corrected chi connectivity index (χ1v) is 6.78. The van der Waals surface area contributed by atoms with Gasteiger partial charge in [0.25, 0.3) is 0 Å². The van der Waals surface area contributed by atoms with Crippen LogP contribution in [0.1, 0.15) is 25.7 Å². The second-order valence-electron chi connectivity index (χ2n) is 4.31. The van der Waals surface area contributed by atoms with Crippen molar-refractivity contribution in [3.05, 3.63) is 30.3 Å². The molecule has 1 aromatic rings. The van der Waals surface area contributed by atoms with E-state index in [4.69, 9.17) is 5.73 Å². The highest BCUT2D eigenvalue weighted by Gasteiger charge is 2.22. The van der Waals surface area contributed by atoms with E-state index in [1.165, 1.54) is 36.3 Å². The predicted molar refractivity (Wildman–Crippen MR) is 67.1 cm³/mol. The molecular weight excluding hydrogens is 202 g/mol. The smallest absolute Gasteiger partial charge is 0.00719 e. The topological polar surface area (TPSA) is 26.0 Å². The van der Waals surface area contributed by atoms with Gasteiger partial charge < -0.3 is 5.73 Å². The highest BCUT2D eigenvalue weighted by molar-refractivity contribution is 7.99. The van der Waals surface area contributed by atoms with Crippen LogP contribution in [0.2, 0.25) is 0 Å². The second-order valence-corrected chi connectivity index (χ2v) is 5.47. The van der Waals surface area contributed by atoms with E-state index in [2.05, 4.69) is 30.3 Å². The largest absolute Gasteiger partial charge is 0.327 e. The van der Waals surface area contributed by atoms with Crippen molar-refractivity contribution in [2.24, 2.45) is 11.7 Å². The minimum absolute atomic E-state index is 0.473. The molecule has 1 aliphatic carbocycles. The summed E-state index contributed by atoms with van der Waals surface area (Å²) in [7, 11) is 0. The predicted octanol–water partition coefficient (Wildman–Crippen LogP) is 3.30. The third-order valence-corrected chi connectivity index (χ3v) is 4.26. The minimum Gasteiger partial charge on any atom is -0.327 e. The Morgan fingerprint density at radius 3 is 2.67 bits per heavy atom. The fourth-order valence-electron chi connectivity index (χ4n) is 2.27. The summed E-state index contributed by atoms with van der Waals surface area (Å²) in [5, 5.41) is 0. The minimum atomic E-state index is 0.473. The lowest BCUT2D eigenvalue weighted by molar-refractivity contribution is 0.470. The molecule has 0 radical (unpaired) electrons. The molecule has 0 saturated heterocycles. The van der Waals surface area contributed by atoms with Gasteiger partial charge in [0.15, 0.2) is 0 Å². The van der Waals surface area contributed by atoms with Crippen molar-refractivity contribution < 1.29 is 0 Å². The van der Waals surface area contributed by atoms with E-state index in [-0.39, 0.29) is 0 Å². The van der Waals surface area contributed by atoms with Gasteiger partial charge in [0.1, 0.15) is 0 Å². The van der Waals surface area contributed by atoms with E-state index in [1.807, 2.05) is 11.8 Å². The third kappa shape index (κ3) is 3.25. The van der Waals surface area contributed by atoms with Gasteiger partial charge in [-0.3, -0.25) is 0 Å². The molecule has 1 saturated carbocycles. The zero-order valence-corrected chi connectivity index (χ0v) is 9.88. The number of benzene rings is 1. The molecule has 1 aliphatic rings. The summed E-state index contributed by atoms with van der Waals surface area (Å²) in [6.45, 7) is 0. The van der Waals surface area contributed by atoms with E-state index in [9.17, 15) is 0 Å². The van der Waals surface area contributed by atoms with Crippen molar-refractivity contribution in [1.82, 2.24) is 0 Å². The molecule has 2 N–H and O–H groups in total. The number of hydrogen-bond acceptors (Lipinski definition) is 2. The van der Waals surface area contributed by atoms with E-state index >= 15 is 0 Å². The maximum Gasteiger partial charge on any atom is 0.00719 e. The molecule has 2 unspecified atom stereocenters.